The number of nitrogens with one attached hydrogen (secondary N) is 2. The Morgan fingerprint density at radius 3 is 2.17 bits per heavy atom. The van der Waals surface area contributed by atoms with E-state index in [9.17, 15) is 17.6 Å². The smallest absolute Gasteiger partial charge is 0.399 e. The summed E-state index contributed by atoms with van der Waals surface area (Å²) >= 11 is 0. The van der Waals surface area contributed by atoms with Crippen molar-refractivity contribution < 1.29 is 26.9 Å². The van der Waals surface area contributed by atoms with Gasteiger partial charge in [-0.05, 0) is 39.8 Å². The number of benzene rings is 1. The number of carbonyl (C=O) groups is 1. The zero-order chi connectivity index (χ0) is 18.3. The molecule has 1 heterocycles. The standard InChI is InChI=1S/C14H20BFN2O5S/c1-13(2)14(3,4)23-15(22-13)10-7-6-9(8-11(10)16)17-12(19)18-24(5,20)21/h6-8H,1-5H3,(H2,17,18,19). The molecular formula is C14H20BFN2O5S. The number of halogens is 1. The van der Waals surface area contributed by atoms with Crippen molar-refractivity contribution in [3.05, 3.63) is 24.0 Å². The van der Waals surface area contributed by atoms with Crippen molar-refractivity contribution in [3.8, 4) is 0 Å². The van der Waals surface area contributed by atoms with E-state index in [1.807, 2.05) is 27.7 Å². The van der Waals surface area contributed by atoms with Crippen LogP contribution in [0.1, 0.15) is 27.7 Å². The number of hydrogen-bond acceptors (Lipinski definition) is 5. The van der Waals surface area contributed by atoms with Crippen LogP contribution in [0, 0.1) is 5.82 Å². The van der Waals surface area contributed by atoms with E-state index in [-0.39, 0.29) is 11.2 Å². The molecule has 0 unspecified atom stereocenters. The summed E-state index contributed by atoms with van der Waals surface area (Å²) < 4.78 is 49.6. The third-order valence-electron chi connectivity index (χ3n) is 4.04. The van der Waals surface area contributed by atoms with Crippen molar-refractivity contribution >= 4 is 34.3 Å². The maximum Gasteiger partial charge on any atom is 0.497 e. The molecule has 0 aromatic heterocycles. The van der Waals surface area contributed by atoms with Gasteiger partial charge in [0.15, 0.2) is 0 Å². The fourth-order valence-corrected chi connectivity index (χ4v) is 2.48. The highest BCUT2D eigenvalue weighted by molar-refractivity contribution is 7.89. The van der Waals surface area contributed by atoms with Crippen molar-refractivity contribution in [1.29, 1.82) is 0 Å². The Kier molecular flexibility index (Phi) is 4.68. The van der Waals surface area contributed by atoms with Crippen LogP contribution in [0.5, 0.6) is 0 Å². The van der Waals surface area contributed by atoms with E-state index in [1.165, 1.54) is 12.1 Å². The Morgan fingerprint density at radius 1 is 1.17 bits per heavy atom. The van der Waals surface area contributed by atoms with E-state index >= 15 is 0 Å². The topological polar surface area (TPSA) is 93.7 Å². The van der Waals surface area contributed by atoms with Gasteiger partial charge in [0.05, 0.1) is 17.5 Å². The maximum absolute atomic E-state index is 14.3. The second-order valence-corrected chi connectivity index (χ2v) is 8.40. The van der Waals surface area contributed by atoms with Gasteiger partial charge in [0, 0.05) is 11.2 Å². The number of hydrogen-bond donors (Lipinski definition) is 2. The summed E-state index contributed by atoms with van der Waals surface area (Å²) in [6.45, 7) is 7.43. The van der Waals surface area contributed by atoms with E-state index in [0.717, 1.165) is 12.3 Å². The van der Waals surface area contributed by atoms with Crippen LogP contribution in [-0.2, 0) is 19.3 Å². The summed E-state index contributed by atoms with van der Waals surface area (Å²) in [7, 11) is -4.56. The molecule has 2 rings (SSSR count). The van der Waals surface area contributed by atoms with Gasteiger partial charge in [0.2, 0.25) is 10.0 Å². The van der Waals surface area contributed by atoms with Crippen molar-refractivity contribution in [2.45, 2.75) is 38.9 Å². The Bertz CT molecular complexity index is 750. The number of urea groups is 1. The van der Waals surface area contributed by atoms with E-state index in [0.29, 0.717) is 0 Å². The molecule has 1 aromatic carbocycles. The SMILES string of the molecule is CC1(C)OB(c2ccc(NC(=O)NS(C)(=O)=O)cc2F)OC1(C)C. The molecule has 0 spiro atoms. The normalized spacial score (nSPS) is 19.2. The fourth-order valence-electron chi connectivity index (χ4n) is 2.09. The molecule has 1 saturated heterocycles. The summed E-state index contributed by atoms with van der Waals surface area (Å²) in [5, 5.41) is 2.24. The fraction of sp³-hybridized carbons (Fsp3) is 0.500. The first-order chi connectivity index (χ1) is 10.8. The van der Waals surface area contributed by atoms with Gasteiger partial charge in [0.1, 0.15) is 5.82 Å². The lowest BCUT2D eigenvalue weighted by Gasteiger charge is -2.32. The molecule has 1 aliphatic heterocycles. The molecule has 0 atom stereocenters. The highest BCUT2D eigenvalue weighted by Gasteiger charge is 2.52. The summed E-state index contributed by atoms with van der Waals surface area (Å²) in [5.41, 5.74) is -0.899. The molecule has 0 saturated carbocycles. The molecule has 132 valence electrons. The van der Waals surface area contributed by atoms with Crippen LogP contribution in [0.3, 0.4) is 0 Å². The molecule has 0 bridgehead atoms. The Balaban J connectivity index is 2.15. The van der Waals surface area contributed by atoms with Gasteiger partial charge in [-0.25, -0.2) is 22.3 Å². The zero-order valence-electron chi connectivity index (χ0n) is 14.1. The van der Waals surface area contributed by atoms with Gasteiger partial charge >= 0.3 is 13.1 Å². The molecule has 1 fully saturated rings. The number of amides is 2. The van der Waals surface area contributed by atoms with Crippen LogP contribution in [0.25, 0.3) is 0 Å². The van der Waals surface area contributed by atoms with Gasteiger partial charge < -0.3 is 14.6 Å². The van der Waals surface area contributed by atoms with Crippen LogP contribution < -0.4 is 15.5 Å². The molecule has 1 aromatic rings. The quantitative estimate of drug-likeness (QED) is 0.792. The van der Waals surface area contributed by atoms with Crippen molar-refractivity contribution in [2.24, 2.45) is 0 Å². The Morgan fingerprint density at radius 2 is 1.71 bits per heavy atom. The Hall–Kier alpha value is -1.65. The second-order valence-electron chi connectivity index (χ2n) is 6.65. The van der Waals surface area contributed by atoms with Crippen molar-refractivity contribution in [3.63, 3.8) is 0 Å². The van der Waals surface area contributed by atoms with Crippen LogP contribution in [-0.4, -0.2) is 39.0 Å². The highest BCUT2D eigenvalue weighted by atomic mass is 32.2. The van der Waals surface area contributed by atoms with E-state index in [1.54, 1.807) is 4.72 Å². The van der Waals surface area contributed by atoms with Crippen molar-refractivity contribution in [2.75, 3.05) is 11.6 Å². The number of sulfonamides is 1. The third kappa shape index (κ3) is 4.06. The van der Waals surface area contributed by atoms with E-state index in [2.05, 4.69) is 5.32 Å². The first-order valence-corrected chi connectivity index (χ1v) is 9.14. The van der Waals surface area contributed by atoms with Crippen LogP contribution in [0.4, 0.5) is 14.9 Å². The van der Waals surface area contributed by atoms with Gasteiger partial charge in [-0.15, -0.1) is 0 Å². The first-order valence-electron chi connectivity index (χ1n) is 7.25. The van der Waals surface area contributed by atoms with Gasteiger partial charge in [-0.3, -0.25) is 0 Å². The zero-order valence-corrected chi connectivity index (χ0v) is 15.0. The molecule has 2 amide bonds. The Labute approximate surface area is 141 Å². The summed E-state index contributed by atoms with van der Waals surface area (Å²) in [6.07, 6.45) is 0.842. The predicted molar refractivity (Wildman–Crippen MR) is 89.1 cm³/mol. The number of rotatable bonds is 3. The largest absolute Gasteiger partial charge is 0.497 e. The average Bonchev–Trinajstić information content (AvgIpc) is 2.55. The lowest BCUT2D eigenvalue weighted by Crippen LogP contribution is -2.41. The first kappa shape index (κ1) is 18.7. The summed E-state index contributed by atoms with van der Waals surface area (Å²) in [6, 6.07) is 2.96. The molecule has 2 N–H and O–H groups in total. The lowest BCUT2D eigenvalue weighted by atomic mass is 9.78. The van der Waals surface area contributed by atoms with Gasteiger partial charge in [-0.1, -0.05) is 6.07 Å². The minimum absolute atomic E-state index is 0.105. The minimum Gasteiger partial charge on any atom is -0.399 e. The molecule has 24 heavy (non-hydrogen) atoms. The highest BCUT2D eigenvalue weighted by Crippen LogP contribution is 2.36. The minimum atomic E-state index is -3.70. The number of carbonyl (C=O) groups excluding carboxylic acids is 1. The lowest BCUT2D eigenvalue weighted by molar-refractivity contribution is 0.00578. The molecule has 10 heteroatoms. The molecule has 7 nitrogen and oxygen atoms in total. The second kappa shape index (κ2) is 6.01. The summed E-state index contributed by atoms with van der Waals surface area (Å²) in [4.78, 5) is 11.5. The van der Waals surface area contributed by atoms with Crippen LogP contribution >= 0.6 is 0 Å². The van der Waals surface area contributed by atoms with Crippen molar-refractivity contribution in [1.82, 2.24) is 4.72 Å². The average molecular weight is 358 g/mol. The predicted octanol–water partition coefficient (Wildman–Crippen LogP) is 1.21. The molecule has 0 aliphatic carbocycles. The maximum atomic E-state index is 14.3. The molecule has 1 aliphatic rings. The van der Waals surface area contributed by atoms with Gasteiger partial charge in [0.25, 0.3) is 0 Å². The van der Waals surface area contributed by atoms with E-state index in [4.69, 9.17) is 9.31 Å². The molecule has 0 radical (unpaired) electrons. The van der Waals surface area contributed by atoms with Crippen LogP contribution in [0.2, 0.25) is 0 Å². The molecular weight excluding hydrogens is 338 g/mol. The van der Waals surface area contributed by atoms with E-state index < -0.39 is 40.2 Å². The van der Waals surface area contributed by atoms with Crippen LogP contribution in [0.15, 0.2) is 18.2 Å². The number of anilines is 1. The van der Waals surface area contributed by atoms with Gasteiger partial charge in [-0.2, -0.15) is 0 Å². The summed E-state index contributed by atoms with van der Waals surface area (Å²) in [5.74, 6) is -0.634. The monoisotopic (exact) mass is 358 g/mol. The third-order valence-corrected chi connectivity index (χ3v) is 4.60.